The van der Waals surface area contributed by atoms with Gasteiger partial charge < -0.3 is 14.7 Å². The molecule has 3 heteroatoms. The third-order valence-corrected chi connectivity index (χ3v) is 5.30. The van der Waals surface area contributed by atoms with Gasteiger partial charge in [0.1, 0.15) is 0 Å². The largest absolute Gasteiger partial charge is 0.392 e. The minimum Gasteiger partial charge on any atom is -0.392 e. The minimum atomic E-state index is -0.118. The van der Waals surface area contributed by atoms with E-state index in [2.05, 4.69) is 11.9 Å². The van der Waals surface area contributed by atoms with Crippen molar-refractivity contribution >= 4 is 0 Å². The highest BCUT2D eigenvalue weighted by Gasteiger charge is 2.42. The van der Waals surface area contributed by atoms with Crippen LogP contribution in [0.1, 0.15) is 38.5 Å². The fraction of sp³-hybridized carbons (Fsp3) is 1.00. The number of fused-ring (bicyclic) bond motifs is 2. The van der Waals surface area contributed by atoms with Gasteiger partial charge >= 0.3 is 0 Å². The Hall–Kier alpha value is -0.120. The van der Waals surface area contributed by atoms with E-state index in [0.29, 0.717) is 11.8 Å². The van der Waals surface area contributed by atoms with E-state index in [4.69, 9.17) is 4.74 Å². The number of nitrogens with zero attached hydrogens (tertiary/aromatic N) is 1. The molecule has 0 aliphatic carbocycles. The van der Waals surface area contributed by atoms with Gasteiger partial charge in [-0.05, 0) is 51.5 Å². The Balaban J connectivity index is 1.61. The molecule has 17 heavy (non-hydrogen) atoms. The van der Waals surface area contributed by atoms with Crippen LogP contribution in [0.5, 0.6) is 0 Å². The Labute approximate surface area is 104 Å². The molecule has 3 fully saturated rings. The lowest BCUT2D eigenvalue weighted by Gasteiger charge is -2.41. The summed E-state index contributed by atoms with van der Waals surface area (Å²) in [5.41, 5.74) is 0. The van der Waals surface area contributed by atoms with Gasteiger partial charge in [-0.15, -0.1) is 0 Å². The zero-order valence-corrected chi connectivity index (χ0v) is 10.8. The standard InChI is InChI=1S/C14H25NO2/c1-15-12-4-5-13(15)8-11(7-12)14(16)10-3-2-6-17-9-10/h10-14,16H,2-9H2,1H3. The molecule has 0 radical (unpaired) electrons. The number of rotatable bonds is 2. The van der Waals surface area contributed by atoms with Crippen molar-refractivity contribution < 1.29 is 9.84 Å². The number of ether oxygens (including phenoxy) is 1. The first-order valence-corrected chi connectivity index (χ1v) is 7.23. The molecule has 0 saturated carbocycles. The van der Waals surface area contributed by atoms with Crippen molar-refractivity contribution in [3.8, 4) is 0 Å². The lowest BCUT2D eigenvalue weighted by Crippen LogP contribution is -2.45. The quantitative estimate of drug-likeness (QED) is 0.795. The average Bonchev–Trinajstić information content (AvgIpc) is 2.61. The molecule has 0 amide bonds. The first-order valence-electron chi connectivity index (χ1n) is 7.23. The molecule has 0 aromatic heterocycles. The van der Waals surface area contributed by atoms with Crippen LogP contribution in [0.3, 0.4) is 0 Å². The Kier molecular flexibility index (Phi) is 3.42. The summed E-state index contributed by atoms with van der Waals surface area (Å²) in [5.74, 6) is 0.923. The predicted molar refractivity (Wildman–Crippen MR) is 66.8 cm³/mol. The molecule has 0 spiro atoms. The topological polar surface area (TPSA) is 32.7 Å². The SMILES string of the molecule is CN1C2CCC1CC(C(O)C1CCCOC1)C2. The van der Waals surface area contributed by atoms with Gasteiger partial charge in [-0.1, -0.05) is 0 Å². The van der Waals surface area contributed by atoms with Crippen molar-refractivity contribution in [3.63, 3.8) is 0 Å². The van der Waals surface area contributed by atoms with Crippen LogP contribution < -0.4 is 0 Å². The lowest BCUT2D eigenvalue weighted by atomic mass is 9.79. The maximum Gasteiger partial charge on any atom is 0.0619 e. The van der Waals surface area contributed by atoms with Crippen LogP contribution in [0.4, 0.5) is 0 Å². The van der Waals surface area contributed by atoms with E-state index in [-0.39, 0.29) is 6.10 Å². The van der Waals surface area contributed by atoms with Crippen molar-refractivity contribution in [2.45, 2.75) is 56.7 Å². The second-order valence-electron chi connectivity index (χ2n) is 6.25. The van der Waals surface area contributed by atoms with Gasteiger partial charge in [0.05, 0.1) is 12.7 Å². The molecule has 3 aliphatic rings. The van der Waals surface area contributed by atoms with Gasteiger partial charge in [0.15, 0.2) is 0 Å². The maximum absolute atomic E-state index is 10.5. The zero-order valence-electron chi connectivity index (χ0n) is 10.8. The molecule has 4 unspecified atom stereocenters. The number of hydrogen-bond donors (Lipinski definition) is 1. The molecule has 0 aromatic rings. The molecule has 4 atom stereocenters. The van der Waals surface area contributed by atoms with Crippen molar-refractivity contribution in [1.82, 2.24) is 4.90 Å². The summed E-state index contributed by atoms with van der Waals surface area (Å²) in [6, 6.07) is 1.47. The van der Waals surface area contributed by atoms with Crippen LogP contribution in [0, 0.1) is 11.8 Å². The monoisotopic (exact) mass is 239 g/mol. The van der Waals surface area contributed by atoms with Gasteiger partial charge in [-0.2, -0.15) is 0 Å². The molecule has 3 aliphatic heterocycles. The average molecular weight is 239 g/mol. The molecule has 2 bridgehead atoms. The minimum absolute atomic E-state index is 0.118. The summed E-state index contributed by atoms with van der Waals surface area (Å²) < 4.78 is 5.51. The second kappa shape index (κ2) is 4.87. The summed E-state index contributed by atoms with van der Waals surface area (Å²) in [7, 11) is 2.26. The number of aliphatic hydroxyl groups is 1. The van der Waals surface area contributed by atoms with Gasteiger partial charge in [-0.3, -0.25) is 0 Å². The number of hydrogen-bond acceptors (Lipinski definition) is 3. The molecule has 98 valence electrons. The van der Waals surface area contributed by atoms with Gasteiger partial charge in [-0.25, -0.2) is 0 Å². The third kappa shape index (κ3) is 2.25. The van der Waals surface area contributed by atoms with E-state index in [1.54, 1.807) is 0 Å². The Morgan fingerprint density at radius 1 is 1.12 bits per heavy atom. The van der Waals surface area contributed by atoms with Crippen LogP contribution in [0.25, 0.3) is 0 Å². The summed E-state index contributed by atoms with van der Waals surface area (Å²) in [5, 5.41) is 10.5. The molecule has 3 nitrogen and oxygen atoms in total. The van der Waals surface area contributed by atoms with E-state index in [1.807, 2.05) is 0 Å². The second-order valence-corrected chi connectivity index (χ2v) is 6.25. The zero-order chi connectivity index (χ0) is 11.8. The third-order valence-electron chi connectivity index (χ3n) is 5.30. The highest BCUT2D eigenvalue weighted by molar-refractivity contribution is 4.96. The van der Waals surface area contributed by atoms with E-state index in [9.17, 15) is 5.11 Å². The van der Waals surface area contributed by atoms with Crippen LogP contribution in [0.15, 0.2) is 0 Å². The molecule has 1 N–H and O–H groups in total. The van der Waals surface area contributed by atoms with Crippen molar-refractivity contribution in [3.05, 3.63) is 0 Å². The highest BCUT2D eigenvalue weighted by Crippen LogP contribution is 2.40. The van der Waals surface area contributed by atoms with Gasteiger partial charge in [0, 0.05) is 24.6 Å². The molecule has 3 saturated heterocycles. The van der Waals surface area contributed by atoms with Crippen LogP contribution in [-0.2, 0) is 4.74 Å². The molecule has 0 aromatic carbocycles. The van der Waals surface area contributed by atoms with Crippen LogP contribution in [0.2, 0.25) is 0 Å². The van der Waals surface area contributed by atoms with E-state index in [1.165, 1.54) is 25.7 Å². The van der Waals surface area contributed by atoms with Crippen molar-refractivity contribution in [1.29, 1.82) is 0 Å². The molecular weight excluding hydrogens is 214 g/mol. The van der Waals surface area contributed by atoms with Crippen molar-refractivity contribution in [2.24, 2.45) is 11.8 Å². The van der Waals surface area contributed by atoms with E-state index < -0.39 is 0 Å². The Morgan fingerprint density at radius 2 is 1.82 bits per heavy atom. The van der Waals surface area contributed by atoms with Crippen molar-refractivity contribution in [2.75, 3.05) is 20.3 Å². The summed E-state index contributed by atoms with van der Waals surface area (Å²) in [6.07, 6.45) is 7.24. The molecule has 3 rings (SSSR count). The van der Waals surface area contributed by atoms with Gasteiger partial charge in [0.2, 0.25) is 0 Å². The van der Waals surface area contributed by atoms with Crippen LogP contribution in [-0.4, -0.2) is 48.5 Å². The van der Waals surface area contributed by atoms with E-state index in [0.717, 1.165) is 38.1 Å². The normalized spacial score (nSPS) is 44.8. The molecular formula is C14H25NO2. The highest BCUT2D eigenvalue weighted by atomic mass is 16.5. The van der Waals surface area contributed by atoms with Crippen LogP contribution >= 0.6 is 0 Å². The Morgan fingerprint density at radius 3 is 2.41 bits per heavy atom. The number of piperidine rings is 1. The lowest BCUT2D eigenvalue weighted by molar-refractivity contribution is -0.0519. The number of aliphatic hydroxyl groups excluding tert-OH is 1. The first kappa shape index (κ1) is 11.9. The first-order chi connectivity index (χ1) is 8.25. The fourth-order valence-corrected chi connectivity index (χ4v) is 4.15. The van der Waals surface area contributed by atoms with Gasteiger partial charge in [0.25, 0.3) is 0 Å². The fourth-order valence-electron chi connectivity index (χ4n) is 4.15. The Bertz CT molecular complexity index is 251. The predicted octanol–water partition coefficient (Wildman–Crippen LogP) is 1.65. The summed E-state index contributed by atoms with van der Waals surface area (Å²) >= 11 is 0. The summed E-state index contributed by atoms with van der Waals surface area (Å²) in [4.78, 5) is 2.54. The smallest absolute Gasteiger partial charge is 0.0619 e. The summed E-state index contributed by atoms with van der Waals surface area (Å²) in [6.45, 7) is 1.67. The van der Waals surface area contributed by atoms with E-state index >= 15 is 0 Å². The molecule has 3 heterocycles. The maximum atomic E-state index is 10.5.